The quantitative estimate of drug-likeness (QED) is 0.630. The maximum absolute atomic E-state index is 6.15. The van der Waals surface area contributed by atoms with Crippen molar-refractivity contribution in [1.82, 2.24) is 4.90 Å². The van der Waals surface area contributed by atoms with Crippen LogP contribution in [0.3, 0.4) is 0 Å². The molecule has 1 heterocycles. The summed E-state index contributed by atoms with van der Waals surface area (Å²) in [4.78, 5) is 1.98. The first kappa shape index (κ1) is 14.3. The molecule has 96 valence electrons. The van der Waals surface area contributed by atoms with Crippen LogP contribution < -0.4 is 11.5 Å². The standard InChI is InChI=1S/C11H25N3OS/c1-4-10(2,9(13)7-12)14-5-6-15-11(3,16)8-14/h9,16H,4-8,12-13H2,1-3H3. The molecule has 4 N–H and O–H groups in total. The average molecular weight is 247 g/mol. The van der Waals surface area contributed by atoms with Crippen LogP contribution >= 0.6 is 12.6 Å². The molecular formula is C11H25N3OS. The first-order valence-electron chi connectivity index (χ1n) is 5.93. The van der Waals surface area contributed by atoms with Gasteiger partial charge in [-0.05, 0) is 20.3 Å². The lowest BCUT2D eigenvalue weighted by atomic mass is 9.87. The van der Waals surface area contributed by atoms with Crippen molar-refractivity contribution in [3.05, 3.63) is 0 Å². The summed E-state index contributed by atoms with van der Waals surface area (Å²) in [6.07, 6.45) is 0.981. The van der Waals surface area contributed by atoms with Gasteiger partial charge in [0.1, 0.15) is 4.93 Å². The third kappa shape index (κ3) is 2.90. The Morgan fingerprint density at radius 3 is 2.69 bits per heavy atom. The Bertz CT molecular complexity index is 237. The van der Waals surface area contributed by atoms with Crippen molar-refractivity contribution >= 4 is 12.6 Å². The van der Waals surface area contributed by atoms with Gasteiger partial charge >= 0.3 is 0 Å². The van der Waals surface area contributed by atoms with Gasteiger partial charge in [-0.25, -0.2) is 0 Å². The van der Waals surface area contributed by atoms with Crippen LogP contribution in [0, 0.1) is 0 Å². The van der Waals surface area contributed by atoms with E-state index >= 15 is 0 Å². The summed E-state index contributed by atoms with van der Waals surface area (Å²) < 4.78 is 5.60. The highest BCUT2D eigenvalue weighted by atomic mass is 32.1. The van der Waals surface area contributed by atoms with E-state index in [-0.39, 0.29) is 16.5 Å². The number of morpholine rings is 1. The number of hydrogen-bond acceptors (Lipinski definition) is 5. The van der Waals surface area contributed by atoms with E-state index < -0.39 is 0 Å². The van der Waals surface area contributed by atoms with E-state index in [0.29, 0.717) is 13.2 Å². The summed E-state index contributed by atoms with van der Waals surface area (Å²) in [5.41, 5.74) is 11.8. The zero-order chi connectivity index (χ0) is 12.4. The van der Waals surface area contributed by atoms with E-state index in [1.807, 2.05) is 6.92 Å². The number of hydrogen-bond donors (Lipinski definition) is 3. The highest BCUT2D eigenvalue weighted by molar-refractivity contribution is 7.81. The SMILES string of the molecule is CCC(C)(C(N)CN)N1CCOC(C)(S)C1. The lowest BCUT2D eigenvalue weighted by Gasteiger charge is -2.49. The molecule has 3 atom stereocenters. The van der Waals surface area contributed by atoms with Crippen molar-refractivity contribution in [3.8, 4) is 0 Å². The van der Waals surface area contributed by atoms with Crippen molar-refractivity contribution < 1.29 is 4.74 Å². The summed E-state index contributed by atoms with van der Waals surface area (Å²) in [5, 5.41) is 0. The Hall–Kier alpha value is 0.190. The van der Waals surface area contributed by atoms with Crippen LogP contribution in [0.25, 0.3) is 0 Å². The molecule has 1 rings (SSSR count). The summed E-state index contributed by atoms with van der Waals surface area (Å²) >= 11 is 4.51. The number of nitrogens with two attached hydrogens (primary N) is 2. The van der Waals surface area contributed by atoms with E-state index in [9.17, 15) is 0 Å². The zero-order valence-corrected chi connectivity index (χ0v) is 11.5. The minimum absolute atomic E-state index is 0.0141. The molecule has 1 aliphatic rings. The van der Waals surface area contributed by atoms with Gasteiger partial charge in [0, 0.05) is 31.2 Å². The molecule has 0 aromatic heterocycles. The highest BCUT2D eigenvalue weighted by Crippen LogP contribution is 2.30. The molecular weight excluding hydrogens is 222 g/mol. The van der Waals surface area contributed by atoms with Gasteiger partial charge in [0.2, 0.25) is 0 Å². The van der Waals surface area contributed by atoms with Crippen LogP contribution in [0.5, 0.6) is 0 Å². The van der Waals surface area contributed by atoms with Crippen molar-refractivity contribution in [3.63, 3.8) is 0 Å². The van der Waals surface area contributed by atoms with Crippen LogP contribution in [0.15, 0.2) is 0 Å². The monoisotopic (exact) mass is 247 g/mol. The van der Waals surface area contributed by atoms with Crippen molar-refractivity contribution in [2.24, 2.45) is 11.5 Å². The Morgan fingerprint density at radius 2 is 2.25 bits per heavy atom. The number of rotatable bonds is 4. The fraction of sp³-hybridized carbons (Fsp3) is 1.00. The maximum Gasteiger partial charge on any atom is 0.120 e. The first-order valence-corrected chi connectivity index (χ1v) is 6.37. The lowest BCUT2D eigenvalue weighted by Crippen LogP contribution is -2.65. The van der Waals surface area contributed by atoms with E-state index in [4.69, 9.17) is 16.2 Å². The van der Waals surface area contributed by atoms with Crippen molar-refractivity contribution in [1.29, 1.82) is 0 Å². The topological polar surface area (TPSA) is 64.5 Å². The predicted molar refractivity (Wildman–Crippen MR) is 70.6 cm³/mol. The minimum Gasteiger partial charge on any atom is -0.362 e. The fourth-order valence-corrected chi connectivity index (χ4v) is 2.53. The molecule has 16 heavy (non-hydrogen) atoms. The molecule has 0 spiro atoms. The third-order valence-corrected chi connectivity index (χ3v) is 4.02. The second-order valence-electron chi connectivity index (χ2n) is 5.00. The predicted octanol–water partition coefficient (Wildman–Crippen LogP) is 0.419. The Kier molecular flexibility index (Phi) is 4.66. The van der Waals surface area contributed by atoms with Crippen LogP contribution in [0.1, 0.15) is 27.2 Å². The normalized spacial score (nSPS) is 33.4. The van der Waals surface area contributed by atoms with E-state index in [1.54, 1.807) is 0 Å². The summed E-state index contributed by atoms with van der Waals surface area (Å²) in [6, 6.07) is -0.0141. The number of nitrogens with zero attached hydrogens (tertiary/aromatic N) is 1. The minimum atomic E-state index is -0.386. The Labute approximate surface area is 104 Å². The average Bonchev–Trinajstić information content (AvgIpc) is 2.25. The fourth-order valence-electron chi connectivity index (χ4n) is 2.26. The molecule has 1 saturated heterocycles. The van der Waals surface area contributed by atoms with Gasteiger partial charge in [-0.2, -0.15) is 0 Å². The molecule has 1 fully saturated rings. The molecule has 0 radical (unpaired) electrons. The summed E-state index contributed by atoms with van der Waals surface area (Å²) in [6.45, 7) is 9.22. The van der Waals surface area contributed by atoms with Gasteiger partial charge in [-0.15, -0.1) is 12.6 Å². The summed E-state index contributed by atoms with van der Waals surface area (Å²) in [7, 11) is 0. The first-order chi connectivity index (χ1) is 7.35. The molecule has 0 aromatic carbocycles. The molecule has 0 aliphatic carbocycles. The second-order valence-corrected chi connectivity index (χ2v) is 5.94. The number of thiol groups is 1. The van der Waals surface area contributed by atoms with E-state index in [2.05, 4.69) is 31.4 Å². The van der Waals surface area contributed by atoms with Crippen LogP contribution in [0.4, 0.5) is 0 Å². The third-order valence-electron chi connectivity index (χ3n) is 3.75. The van der Waals surface area contributed by atoms with Crippen LogP contribution in [-0.4, -0.2) is 47.7 Å². The second kappa shape index (κ2) is 5.23. The lowest BCUT2D eigenvalue weighted by molar-refractivity contribution is -0.0811. The Balaban J connectivity index is 2.79. The smallest absolute Gasteiger partial charge is 0.120 e. The van der Waals surface area contributed by atoms with Gasteiger partial charge in [0.25, 0.3) is 0 Å². The van der Waals surface area contributed by atoms with E-state index in [1.165, 1.54) is 0 Å². The molecule has 4 nitrogen and oxygen atoms in total. The molecule has 0 amide bonds. The Morgan fingerprint density at radius 1 is 1.62 bits per heavy atom. The molecule has 0 bridgehead atoms. The van der Waals surface area contributed by atoms with Crippen LogP contribution in [0.2, 0.25) is 0 Å². The molecule has 0 saturated carbocycles. The van der Waals surface area contributed by atoms with Crippen LogP contribution in [-0.2, 0) is 4.74 Å². The zero-order valence-electron chi connectivity index (χ0n) is 10.6. The van der Waals surface area contributed by atoms with Gasteiger partial charge in [0.15, 0.2) is 0 Å². The maximum atomic E-state index is 6.15. The molecule has 5 heteroatoms. The van der Waals surface area contributed by atoms with E-state index in [0.717, 1.165) is 19.5 Å². The van der Waals surface area contributed by atoms with Gasteiger partial charge in [-0.3, -0.25) is 4.90 Å². The summed E-state index contributed by atoms with van der Waals surface area (Å²) in [5.74, 6) is 0. The largest absolute Gasteiger partial charge is 0.362 e. The van der Waals surface area contributed by atoms with Crippen molar-refractivity contribution in [2.45, 2.75) is 43.7 Å². The molecule has 0 aromatic rings. The van der Waals surface area contributed by atoms with Gasteiger partial charge in [-0.1, -0.05) is 6.92 Å². The molecule has 3 unspecified atom stereocenters. The van der Waals surface area contributed by atoms with Crippen molar-refractivity contribution in [2.75, 3.05) is 26.2 Å². The molecule has 1 aliphatic heterocycles. The number of ether oxygens (including phenoxy) is 1. The van der Waals surface area contributed by atoms with Gasteiger partial charge in [0.05, 0.1) is 6.61 Å². The highest BCUT2D eigenvalue weighted by Gasteiger charge is 2.40. The van der Waals surface area contributed by atoms with Gasteiger partial charge < -0.3 is 16.2 Å².